The van der Waals surface area contributed by atoms with E-state index in [1.54, 1.807) is 0 Å². The van der Waals surface area contributed by atoms with E-state index in [-0.39, 0.29) is 0 Å². The molecule has 0 spiro atoms. The minimum atomic E-state index is 0.354. The molecule has 1 aliphatic carbocycles. The molecule has 0 amide bonds. The van der Waals surface area contributed by atoms with E-state index in [1.807, 2.05) is 0 Å². The van der Waals surface area contributed by atoms with Crippen molar-refractivity contribution in [2.45, 2.75) is 50.3 Å². The molecule has 3 aliphatic rings. The van der Waals surface area contributed by atoms with Crippen molar-refractivity contribution in [1.29, 1.82) is 0 Å². The number of piperidine rings is 1. The lowest BCUT2D eigenvalue weighted by Gasteiger charge is -2.34. The molecule has 3 nitrogen and oxygen atoms in total. The molecule has 0 bridgehead atoms. The normalized spacial score (nSPS) is 30.0. The molecule has 0 radical (unpaired) electrons. The highest BCUT2D eigenvalue weighted by molar-refractivity contribution is 5.37. The smallest absolute Gasteiger partial charge is 0.123 e. The molecule has 1 aromatic carbocycles. The monoisotopic (exact) mass is 272 g/mol. The minimum Gasteiger partial charge on any atom is -0.488 e. The predicted octanol–water partition coefficient (Wildman–Crippen LogP) is 2.21. The van der Waals surface area contributed by atoms with E-state index >= 15 is 0 Å². The third-order valence-electron chi connectivity index (χ3n) is 4.73. The van der Waals surface area contributed by atoms with Gasteiger partial charge in [-0.25, -0.2) is 0 Å². The van der Waals surface area contributed by atoms with Gasteiger partial charge in [0.1, 0.15) is 11.9 Å². The average Bonchev–Trinajstić information content (AvgIpc) is 3.17. The Morgan fingerprint density at radius 2 is 2.05 bits per heavy atom. The molecule has 2 fully saturated rings. The molecule has 2 atom stereocenters. The Balaban J connectivity index is 1.31. The molecule has 4 rings (SSSR count). The van der Waals surface area contributed by atoms with Gasteiger partial charge in [0.15, 0.2) is 0 Å². The van der Waals surface area contributed by atoms with Gasteiger partial charge in [0.05, 0.1) is 0 Å². The van der Waals surface area contributed by atoms with Gasteiger partial charge in [0.2, 0.25) is 0 Å². The lowest BCUT2D eigenvalue weighted by molar-refractivity contribution is 0.119. The summed E-state index contributed by atoms with van der Waals surface area (Å²) in [4.78, 5) is 2.60. The first-order chi connectivity index (χ1) is 9.87. The Hall–Kier alpha value is -1.06. The summed E-state index contributed by atoms with van der Waals surface area (Å²) >= 11 is 0. The molecule has 1 saturated carbocycles. The largest absolute Gasteiger partial charge is 0.488 e. The SMILES string of the molecule is c1ccc2c(c1)CC(CN1CCCC(NC3CC3)C1)O2. The van der Waals surface area contributed by atoms with E-state index in [9.17, 15) is 0 Å². The summed E-state index contributed by atoms with van der Waals surface area (Å²) in [5.41, 5.74) is 1.38. The summed E-state index contributed by atoms with van der Waals surface area (Å²) < 4.78 is 6.08. The number of hydrogen-bond acceptors (Lipinski definition) is 3. The maximum Gasteiger partial charge on any atom is 0.123 e. The van der Waals surface area contributed by atoms with Crippen molar-refractivity contribution < 1.29 is 4.74 Å². The number of benzene rings is 1. The van der Waals surface area contributed by atoms with Gasteiger partial charge < -0.3 is 10.1 Å². The van der Waals surface area contributed by atoms with E-state index in [2.05, 4.69) is 34.5 Å². The molecule has 108 valence electrons. The predicted molar refractivity (Wildman–Crippen MR) is 80.2 cm³/mol. The second-order valence-corrected chi connectivity index (χ2v) is 6.59. The molecule has 0 aromatic heterocycles. The van der Waals surface area contributed by atoms with E-state index < -0.39 is 0 Å². The zero-order valence-corrected chi connectivity index (χ0v) is 12.1. The van der Waals surface area contributed by atoms with Gasteiger partial charge in [0, 0.05) is 31.6 Å². The Morgan fingerprint density at radius 1 is 1.15 bits per heavy atom. The average molecular weight is 272 g/mol. The highest BCUT2D eigenvalue weighted by atomic mass is 16.5. The lowest BCUT2D eigenvalue weighted by atomic mass is 10.0. The summed E-state index contributed by atoms with van der Waals surface area (Å²) in [6.07, 6.45) is 6.87. The van der Waals surface area contributed by atoms with Gasteiger partial charge >= 0.3 is 0 Å². The molecular weight excluding hydrogens is 248 g/mol. The molecule has 2 heterocycles. The van der Waals surface area contributed by atoms with Crippen LogP contribution in [0.3, 0.4) is 0 Å². The van der Waals surface area contributed by atoms with Crippen LogP contribution in [0.4, 0.5) is 0 Å². The summed E-state index contributed by atoms with van der Waals surface area (Å²) in [6, 6.07) is 10.0. The summed E-state index contributed by atoms with van der Waals surface area (Å²) in [5, 5.41) is 3.78. The zero-order valence-electron chi connectivity index (χ0n) is 12.1. The highest BCUT2D eigenvalue weighted by Gasteiger charge is 2.30. The Kier molecular flexibility index (Phi) is 3.41. The van der Waals surface area contributed by atoms with Crippen molar-refractivity contribution in [1.82, 2.24) is 10.2 Å². The fraction of sp³-hybridized carbons (Fsp3) is 0.647. The molecule has 20 heavy (non-hydrogen) atoms. The van der Waals surface area contributed by atoms with Crippen LogP contribution in [-0.4, -0.2) is 42.7 Å². The number of fused-ring (bicyclic) bond motifs is 1. The van der Waals surface area contributed by atoms with Crippen molar-refractivity contribution in [3.05, 3.63) is 29.8 Å². The second-order valence-electron chi connectivity index (χ2n) is 6.59. The van der Waals surface area contributed by atoms with E-state index in [0.29, 0.717) is 12.1 Å². The Bertz CT molecular complexity index is 447. The van der Waals surface area contributed by atoms with E-state index in [1.165, 1.54) is 44.3 Å². The summed E-state index contributed by atoms with van der Waals surface area (Å²) in [7, 11) is 0. The number of ether oxygens (including phenoxy) is 1. The standard InChI is InChI=1S/C17H24N2O/c1-2-6-17-13(4-1)10-16(20-17)12-19-9-3-5-15(11-19)18-14-7-8-14/h1-2,4,6,14-16,18H,3,5,7-12H2. The van der Waals surface area contributed by atoms with Crippen LogP contribution in [-0.2, 0) is 6.42 Å². The van der Waals surface area contributed by atoms with Gasteiger partial charge in [-0.05, 0) is 43.9 Å². The molecular formula is C17H24N2O. The van der Waals surface area contributed by atoms with Crippen LogP contribution < -0.4 is 10.1 Å². The van der Waals surface area contributed by atoms with Gasteiger partial charge in [-0.3, -0.25) is 4.90 Å². The number of para-hydroxylation sites is 1. The molecule has 1 N–H and O–H groups in total. The second kappa shape index (κ2) is 5.38. The fourth-order valence-electron chi connectivity index (χ4n) is 3.58. The highest BCUT2D eigenvalue weighted by Crippen LogP contribution is 2.29. The van der Waals surface area contributed by atoms with Crippen LogP contribution in [0.5, 0.6) is 5.75 Å². The van der Waals surface area contributed by atoms with Crippen molar-refractivity contribution >= 4 is 0 Å². The number of hydrogen-bond donors (Lipinski definition) is 1. The third kappa shape index (κ3) is 2.84. The molecule has 2 unspecified atom stereocenters. The van der Waals surface area contributed by atoms with Gasteiger partial charge in [-0.2, -0.15) is 0 Å². The van der Waals surface area contributed by atoms with Crippen LogP contribution in [0.2, 0.25) is 0 Å². The maximum absolute atomic E-state index is 6.08. The van der Waals surface area contributed by atoms with Crippen LogP contribution >= 0.6 is 0 Å². The molecule has 1 aromatic rings. The van der Waals surface area contributed by atoms with Gasteiger partial charge in [-0.15, -0.1) is 0 Å². The van der Waals surface area contributed by atoms with E-state index in [4.69, 9.17) is 4.74 Å². The quantitative estimate of drug-likeness (QED) is 0.909. The first kappa shape index (κ1) is 12.7. The van der Waals surface area contributed by atoms with Crippen LogP contribution in [0.15, 0.2) is 24.3 Å². The minimum absolute atomic E-state index is 0.354. The lowest BCUT2D eigenvalue weighted by Crippen LogP contribution is -2.49. The number of likely N-dealkylation sites (tertiary alicyclic amines) is 1. The molecule has 1 saturated heterocycles. The van der Waals surface area contributed by atoms with E-state index in [0.717, 1.165) is 24.8 Å². The Morgan fingerprint density at radius 3 is 2.90 bits per heavy atom. The first-order valence-corrected chi connectivity index (χ1v) is 8.10. The number of nitrogens with one attached hydrogen (secondary N) is 1. The summed E-state index contributed by atoms with van der Waals surface area (Å²) in [6.45, 7) is 3.52. The zero-order chi connectivity index (χ0) is 13.4. The van der Waals surface area contributed by atoms with Crippen molar-refractivity contribution in [3.8, 4) is 5.75 Å². The molecule has 2 aliphatic heterocycles. The number of rotatable bonds is 4. The van der Waals surface area contributed by atoms with Crippen molar-refractivity contribution in [2.75, 3.05) is 19.6 Å². The Labute approximate surface area is 121 Å². The fourth-order valence-corrected chi connectivity index (χ4v) is 3.58. The van der Waals surface area contributed by atoms with Crippen LogP contribution in [0.1, 0.15) is 31.2 Å². The van der Waals surface area contributed by atoms with Crippen LogP contribution in [0.25, 0.3) is 0 Å². The summed E-state index contributed by atoms with van der Waals surface area (Å²) in [5.74, 6) is 1.10. The molecule has 3 heteroatoms. The van der Waals surface area contributed by atoms with Crippen LogP contribution in [0, 0.1) is 0 Å². The number of nitrogens with zero attached hydrogens (tertiary/aromatic N) is 1. The van der Waals surface area contributed by atoms with Gasteiger partial charge in [-0.1, -0.05) is 18.2 Å². The topological polar surface area (TPSA) is 24.5 Å². The maximum atomic E-state index is 6.08. The van der Waals surface area contributed by atoms with Crippen molar-refractivity contribution in [2.24, 2.45) is 0 Å². The van der Waals surface area contributed by atoms with Crippen molar-refractivity contribution in [3.63, 3.8) is 0 Å². The first-order valence-electron chi connectivity index (χ1n) is 8.10. The van der Waals surface area contributed by atoms with Gasteiger partial charge in [0.25, 0.3) is 0 Å². The third-order valence-corrected chi connectivity index (χ3v) is 4.73.